The predicted octanol–water partition coefficient (Wildman–Crippen LogP) is 1.07. The summed E-state index contributed by atoms with van der Waals surface area (Å²) in [5.41, 5.74) is 0.411. The van der Waals surface area contributed by atoms with E-state index in [1.165, 1.54) is 6.07 Å². The molecule has 2 amide bonds. The van der Waals surface area contributed by atoms with Crippen molar-refractivity contribution in [2.75, 3.05) is 32.7 Å². The van der Waals surface area contributed by atoms with Gasteiger partial charge in [0.15, 0.2) is 5.69 Å². The largest absolute Gasteiger partial charge is 0.480 e. The number of carbonyl (C=O) groups excluding carboxylic acids is 2. The number of piperidine rings is 1. The van der Waals surface area contributed by atoms with Crippen LogP contribution < -0.4 is 15.4 Å². The summed E-state index contributed by atoms with van der Waals surface area (Å²) in [4.78, 5) is 39.5. The average molecular weight is 553 g/mol. The van der Waals surface area contributed by atoms with Gasteiger partial charge in [0.25, 0.3) is 11.8 Å². The molecule has 0 spiro atoms. The van der Waals surface area contributed by atoms with Gasteiger partial charge in [0.1, 0.15) is 11.7 Å². The van der Waals surface area contributed by atoms with Gasteiger partial charge in [-0.05, 0) is 76.3 Å². The second-order valence-corrected chi connectivity index (χ2v) is 11.6. The van der Waals surface area contributed by atoms with Crippen molar-refractivity contribution in [1.29, 1.82) is 0 Å². The van der Waals surface area contributed by atoms with Crippen molar-refractivity contribution in [2.24, 2.45) is 11.8 Å². The minimum atomic E-state index is -2.00. The Kier molecular flexibility index (Phi) is 10.3. The van der Waals surface area contributed by atoms with Crippen LogP contribution in [-0.4, -0.2) is 86.6 Å². The predicted molar refractivity (Wildman–Crippen MR) is 140 cm³/mol. The van der Waals surface area contributed by atoms with E-state index in [1.807, 2.05) is 4.90 Å². The monoisotopic (exact) mass is 552 g/mol. The SMILES string of the molecule is CC1CCC(OS(=O)NC(CNC(=O)c2cc3n(n2)CCCN(CCC2CCNCC2)C3=O)C(=O)O)CC1. The Morgan fingerprint density at radius 2 is 1.95 bits per heavy atom. The molecule has 38 heavy (non-hydrogen) atoms. The zero-order valence-corrected chi connectivity index (χ0v) is 22.8. The lowest BCUT2D eigenvalue weighted by Crippen LogP contribution is -2.47. The third-order valence-corrected chi connectivity index (χ3v) is 8.70. The number of carboxylic acids is 1. The number of carboxylic acid groups (broad SMARTS) is 1. The van der Waals surface area contributed by atoms with Crippen molar-refractivity contribution in [1.82, 2.24) is 30.0 Å². The molecule has 1 aliphatic carbocycles. The van der Waals surface area contributed by atoms with Crippen molar-refractivity contribution in [3.63, 3.8) is 0 Å². The maximum absolute atomic E-state index is 13.2. The maximum atomic E-state index is 13.2. The lowest BCUT2D eigenvalue weighted by Gasteiger charge is -2.26. The normalized spacial score (nSPS) is 24.3. The van der Waals surface area contributed by atoms with Crippen molar-refractivity contribution in [2.45, 2.75) is 77.0 Å². The quantitative estimate of drug-likeness (QED) is 0.318. The highest BCUT2D eigenvalue weighted by Crippen LogP contribution is 2.26. The molecular weight excluding hydrogens is 512 g/mol. The maximum Gasteiger partial charge on any atom is 0.323 e. The first kappa shape index (κ1) is 28.7. The molecule has 4 N–H and O–H groups in total. The molecule has 0 radical (unpaired) electrons. The van der Waals surface area contributed by atoms with Crippen LogP contribution in [0.2, 0.25) is 0 Å². The Morgan fingerprint density at radius 3 is 2.66 bits per heavy atom. The Bertz CT molecular complexity index is 1000. The third-order valence-electron chi connectivity index (χ3n) is 7.77. The highest BCUT2D eigenvalue weighted by molar-refractivity contribution is 7.78. The number of nitrogens with one attached hydrogen (secondary N) is 3. The van der Waals surface area contributed by atoms with Crippen LogP contribution in [0.4, 0.5) is 0 Å². The Hall–Kier alpha value is -2.35. The number of aliphatic carboxylic acids is 1. The van der Waals surface area contributed by atoms with E-state index >= 15 is 0 Å². The summed E-state index contributed by atoms with van der Waals surface area (Å²) in [5, 5.41) is 19.7. The molecule has 13 heteroatoms. The number of carbonyl (C=O) groups is 3. The van der Waals surface area contributed by atoms with E-state index < -0.39 is 29.2 Å². The average Bonchev–Trinajstić information content (AvgIpc) is 3.28. The smallest absolute Gasteiger partial charge is 0.323 e. The molecular formula is C25H40N6O6S. The summed E-state index contributed by atoms with van der Waals surface area (Å²) in [6.07, 6.45) is 7.28. The highest BCUT2D eigenvalue weighted by Gasteiger charge is 2.29. The molecule has 3 aliphatic rings. The van der Waals surface area contributed by atoms with Crippen LogP contribution in [0.3, 0.4) is 0 Å². The Morgan fingerprint density at radius 1 is 1.21 bits per heavy atom. The van der Waals surface area contributed by atoms with Gasteiger partial charge in [0.05, 0.1) is 6.10 Å². The summed E-state index contributed by atoms with van der Waals surface area (Å²) < 4.78 is 21.8. The summed E-state index contributed by atoms with van der Waals surface area (Å²) in [6, 6.07) is 0.157. The number of amides is 2. The molecule has 12 nitrogen and oxygen atoms in total. The summed E-state index contributed by atoms with van der Waals surface area (Å²) in [7, 11) is 0. The first-order chi connectivity index (χ1) is 18.3. The van der Waals surface area contributed by atoms with Crippen LogP contribution in [0, 0.1) is 11.8 Å². The third kappa shape index (κ3) is 7.84. The molecule has 1 saturated heterocycles. The fourth-order valence-corrected chi connectivity index (χ4v) is 6.24. The molecule has 2 atom stereocenters. The van der Waals surface area contributed by atoms with Crippen LogP contribution in [0.25, 0.3) is 0 Å². The summed E-state index contributed by atoms with van der Waals surface area (Å²) in [6.45, 7) is 5.74. The van der Waals surface area contributed by atoms with Crippen molar-refractivity contribution >= 4 is 29.1 Å². The van der Waals surface area contributed by atoms with E-state index in [0.29, 0.717) is 37.2 Å². The molecule has 1 saturated carbocycles. The van der Waals surface area contributed by atoms with Gasteiger partial charge in [-0.2, -0.15) is 9.82 Å². The highest BCUT2D eigenvalue weighted by atomic mass is 32.2. The molecule has 2 aliphatic heterocycles. The van der Waals surface area contributed by atoms with Crippen LogP contribution in [0.15, 0.2) is 6.07 Å². The molecule has 2 fully saturated rings. The van der Waals surface area contributed by atoms with E-state index in [0.717, 1.165) is 64.5 Å². The lowest BCUT2D eigenvalue weighted by atomic mass is 9.89. The van der Waals surface area contributed by atoms with E-state index in [4.69, 9.17) is 4.18 Å². The fraction of sp³-hybridized carbons (Fsp3) is 0.760. The van der Waals surface area contributed by atoms with Gasteiger partial charge in [-0.1, -0.05) is 6.92 Å². The topological polar surface area (TPSA) is 155 Å². The lowest BCUT2D eigenvalue weighted by molar-refractivity contribution is -0.138. The van der Waals surface area contributed by atoms with Crippen molar-refractivity contribution in [3.05, 3.63) is 17.5 Å². The fourth-order valence-electron chi connectivity index (χ4n) is 5.33. The number of aryl methyl sites for hydroxylation is 1. The van der Waals surface area contributed by atoms with Crippen LogP contribution in [0.5, 0.6) is 0 Å². The number of rotatable bonds is 11. The molecule has 212 valence electrons. The van der Waals surface area contributed by atoms with Crippen LogP contribution in [0.1, 0.15) is 79.3 Å². The first-order valence-corrected chi connectivity index (χ1v) is 14.8. The van der Waals surface area contributed by atoms with Gasteiger partial charge in [0.2, 0.25) is 11.3 Å². The van der Waals surface area contributed by atoms with Gasteiger partial charge in [0, 0.05) is 32.2 Å². The molecule has 1 aromatic rings. The van der Waals surface area contributed by atoms with E-state index in [2.05, 4.69) is 27.4 Å². The zero-order chi connectivity index (χ0) is 27.1. The van der Waals surface area contributed by atoms with Gasteiger partial charge < -0.3 is 20.6 Å². The van der Waals surface area contributed by atoms with Crippen molar-refractivity contribution < 1.29 is 27.9 Å². The zero-order valence-electron chi connectivity index (χ0n) is 22.0. The molecule has 4 rings (SSSR count). The molecule has 0 aromatic carbocycles. The number of aromatic nitrogens is 2. The second-order valence-electron chi connectivity index (χ2n) is 10.7. The van der Waals surface area contributed by atoms with Crippen LogP contribution >= 0.6 is 0 Å². The minimum Gasteiger partial charge on any atom is -0.480 e. The second kappa shape index (κ2) is 13.6. The Labute approximate surface area is 226 Å². The molecule has 2 unspecified atom stereocenters. The van der Waals surface area contributed by atoms with Gasteiger partial charge >= 0.3 is 5.97 Å². The van der Waals surface area contributed by atoms with E-state index in [9.17, 15) is 23.7 Å². The summed E-state index contributed by atoms with van der Waals surface area (Å²) in [5.74, 6) is -0.785. The molecule has 0 bridgehead atoms. The summed E-state index contributed by atoms with van der Waals surface area (Å²) >= 11 is -2.00. The number of nitrogens with zero attached hydrogens (tertiary/aromatic N) is 3. The number of hydrogen-bond donors (Lipinski definition) is 4. The van der Waals surface area contributed by atoms with E-state index in [1.54, 1.807) is 4.68 Å². The number of hydrogen-bond acceptors (Lipinski definition) is 7. The van der Waals surface area contributed by atoms with Gasteiger partial charge in [-0.15, -0.1) is 0 Å². The van der Waals surface area contributed by atoms with E-state index in [-0.39, 0.29) is 24.2 Å². The minimum absolute atomic E-state index is 0.0476. The van der Waals surface area contributed by atoms with Crippen LogP contribution in [-0.2, 0) is 26.8 Å². The Balaban J connectivity index is 1.29. The molecule has 3 heterocycles. The standard InChI is InChI=1S/C25H40N6O6S/c1-17-3-5-19(6-4-17)37-38(36)29-21(25(34)35)16-27-23(32)20-15-22-24(33)30(12-2-13-31(22)28-20)14-9-18-7-10-26-11-8-18/h15,17-19,21,26,29H,2-14,16H2,1H3,(H,27,32)(H,34,35). The number of fused-ring (bicyclic) bond motifs is 1. The van der Waals surface area contributed by atoms with Crippen molar-refractivity contribution in [3.8, 4) is 0 Å². The van der Waals surface area contributed by atoms with Gasteiger partial charge in [-0.25, -0.2) is 4.21 Å². The first-order valence-electron chi connectivity index (χ1n) is 13.7. The van der Waals surface area contributed by atoms with Gasteiger partial charge in [-0.3, -0.25) is 23.2 Å². The molecule has 1 aromatic heterocycles.